The lowest BCUT2D eigenvalue weighted by molar-refractivity contribution is -0.133. The first-order chi connectivity index (χ1) is 18.1. The normalized spacial score (nSPS) is 18.2. The largest absolute Gasteiger partial charge is 0.493 e. The van der Waals surface area contributed by atoms with Gasteiger partial charge in [0.25, 0.3) is 0 Å². The van der Waals surface area contributed by atoms with Gasteiger partial charge in [-0.15, -0.1) is 0 Å². The van der Waals surface area contributed by atoms with Crippen molar-refractivity contribution >= 4 is 11.6 Å². The zero-order chi connectivity index (χ0) is 25.6. The maximum absolute atomic E-state index is 14.3. The highest BCUT2D eigenvalue weighted by Crippen LogP contribution is 2.36. The van der Waals surface area contributed by atoms with Gasteiger partial charge in [-0.25, -0.2) is 4.39 Å². The number of rotatable bonds is 8. The van der Waals surface area contributed by atoms with Crippen LogP contribution in [0.5, 0.6) is 11.5 Å². The minimum absolute atomic E-state index is 0.0308. The highest BCUT2D eigenvalue weighted by atomic mass is 19.1. The Hall–Kier alpha value is -3.54. The monoisotopic (exact) mass is 502 g/mol. The summed E-state index contributed by atoms with van der Waals surface area (Å²) in [6.07, 6.45) is 5.61. The van der Waals surface area contributed by atoms with Gasteiger partial charge in [0.05, 0.1) is 25.7 Å². The molecule has 0 aromatic heterocycles. The van der Waals surface area contributed by atoms with Gasteiger partial charge in [0.1, 0.15) is 5.82 Å². The molecular weight excluding hydrogens is 467 g/mol. The van der Waals surface area contributed by atoms with Crippen LogP contribution in [-0.2, 0) is 17.6 Å². The van der Waals surface area contributed by atoms with Crippen LogP contribution in [-0.4, -0.2) is 49.7 Å². The third kappa shape index (κ3) is 6.07. The molecule has 1 aliphatic carbocycles. The zero-order valence-corrected chi connectivity index (χ0v) is 21.4. The molecule has 3 aromatic rings. The minimum Gasteiger partial charge on any atom is -0.493 e. The van der Waals surface area contributed by atoms with E-state index in [1.165, 1.54) is 24.5 Å². The van der Waals surface area contributed by atoms with Crippen molar-refractivity contribution in [1.29, 1.82) is 0 Å². The molecule has 194 valence electrons. The van der Waals surface area contributed by atoms with Crippen LogP contribution in [0, 0.1) is 5.82 Å². The molecule has 0 bridgehead atoms. The third-order valence-corrected chi connectivity index (χ3v) is 7.52. The van der Waals surface area contributed by atoms with Crippen LogP contribution in [0.4, 0.5) is 10.1 Å². The number of nitrogens with zero attached hydrogens (tertiary/aromatic N) is 2. The second-order valence-corrected chi connectivity index (χ2v) is 10.0. The van der Waals surface area contributed by atoms with Crippen molar-refractivity contribution in [1.82, 2.24) is 4.90 Å². The molecule has 1 heterocycles. The molecule has 1 aliphatic heterocycles. The number of carbonyl (C=O) groups excluding carboxylic acids is 1. The van der Waals surface area contributed by atoms with E-state index in [9.17, 15) is 9.18 Å². The Morgan fingerprint density at radius 1 is 0.946 bits per heavy atom. The summed E-state index contributed by atoms with van der Waals surface area (Å²) >= 11 is 0. The van der Waals surface area contributed by atoms with Gasteiger partial charge in [0, 0.05) is 31.4 Å². The highest BCUT2D eigenvalue weighted by molar-refractivity contribution is 5.79. The fraction of sp³-hybridized carbons (Fsp3) is 0.387. The number of methoxy groups -OCH3 is 1. The average molecular weight is 503 g/mol. The maximum Gasteiger partial charge on any atom is 0.227 e. The van der Waals surface area contributed by atoms with Crippen LogP contribution in [0.2, 0.25) is 0 Å². The number of benzene rings is 3. The number of hydrogen-bond acceptors (Lipinski definition) is 4. The van der Waals surface area contributed by atoms with E-state index in [-0.39, 0.29) is 30.3 Å². The van der Waals surface area contributed by atoms with E-state index >= 15 is 0 Å². The fourth-order valence-corrected chi connectivity index (χ4v) is 5.53. The van der Waals surface area contributed by atoms with E-state index in [1.54, 1.807) is 25.3 Å². The molecule has 2 fully saturated rings. The van der Waals surface area contributed by atoms with Gasteiger partial charge >= 0.3 is 0 Å². The van der Waals surface area contributed by atoms with Crippen molar-refractivity contribution in [2.45, 2.75) is 50.7 Å². The standard InChI is InChI=1S/C31H35FN2O3/c1-36-29-16-15-25(21-30(29)37-27-12-6-7-13-27)33-17-18-34(26(22-33)19-23-9-3-2-4-10-23)31(35)20-24-11-5-8-14-28(24)32/h2-5,8-11,14-16,21,26-27H,6-7,12-13,17-20,22H2,1H3/t26-/m0/s1. The van der Waals surface area contributed by atoms with Crippen molar-refractivity contribution in [2.24, 2.45) is 0 Å². The molecular formula is C31H35FN2O3. The molecule has 2 aliphatic rings. The lowest BCUT2D eigenvalue weighted by Gasteiger charge is -2.43. The Balaban J connectivity index is 1.36. The van der Waals surface area contributed by atoms with E-state index in [2.05, 4.69) is 29.2 Å². The summed E-state index contributed by atoms with van der Waals surface area (Å²) in [5.41, 5.74) is 2.68. The van der Waals surface area contributed by atoms with Crippen molar-refractivity contribution in [3.63, 3.8) is 0 Å². The van der Waals surface area contributed by atoms with Crippen LogP contribution in [0.1, 0.15) is 36.8 Å². The SMILES string of the molecule is COc1ccc(N2CCN(C(=O)Cc3ccccc3F)[C@@H](Cc3ccccc3)C2)cc1OC1CCCC1. The van der Waals surface area contributed by atoms with Crippen LogP contribution in [0.15, 0.2) is 72.8 Å². The molecule has 0 N–H and O–H groups in total. The van der Waals surface area contributed by atoms with Crippen LogP contribution >= 0.6 is 0 Å². The summed E-state index contributed by atoms with van der Waals surface area (Å²) in [5.74, 6) is 1.16. The Morgan fingerprint density at radius 3 is 2.46 bits per heavy atom. The Bertz CT molecular complexity index is 1200. The molecule has 1 saturated carbocycles. The average Bonchev–Trinajstić information content (AvgIpc) is 3.43. The Labute approximate surface area is 218 Å². The second kappa shape index (κ2) is 11.7. The van der Waals surface area contributed by atoms with Gasteiger partial charge in [0.15, 0.2) is 11.5 Å². The quantitative estimate of drug-likeness (QED) is 0.399. The minimum atomic E-state index is -0.331. The van der Waals surface area contributed by atoms with Gasteiger partial charge in [0.2, 0.25) is 5.91 Å². The van der Waals surface area contributed by atoms with Gasteiger partial charge < -0.3 is 19.3 Å². The summed E-state index contributed by atoms with van der Waals surface area (Å²) < 4.78 is 26.2. The molecule has 5 rings (SSSR count). The highest BCUT2D eigenvalue weighted by Gasteiger charge is 2.31. The first kappa shape index (κ1) is 25.1. The van der Waals surface area contributed by atoms with E-state index < -0.39 is 0 Å². The number of hydrogen-bond donors (Lipinski definition) is 0. The van der Waals surface area contributed by atoms with Gasteiger partial charge in [-0.2, -0.15) is 0 Å². The molecule has 3 aromatic carbocycles. The summed E-state index contributed by atoms with van der Waals surface area (Å²) in [6.45, 7) is 1.96. The summed E-state index contributed by atoms with van der Waals surface area (Å²) in [5, 5.41) is 0. The molecule has 6 heteroatoms. The number of carbonyl (C=O) groups is 1. The van der Waals surface area contributed by atoms with Crippen LogP contribution in [0.3, 0.4) is 0 Å². The Kier molecular flexibility index (Phi) is 7.93. The molecule has 0 unspecified atom stereocenters. The van der Waals surface area contributed by atoms with Gasteiger partial charge in [-0.1, -0.05) is 48.5 Å². The van der Waals surface area contributed by atoms with E-state index in [0.717, 1.165) is 36.4 Å². The smallest absolute Gasteiger partial charge is 0.227 e. The van der Waals surface area contributed by atoms with Crippen molar-refractivity contribution in [3.05, 3.63) is 89.7 Å². The molecule has 0 radical (unpaired) electrons. The van der Waals surface area contributed by atoms with Gasteiger partial charge in [-0.3, -0.25) is 4.79 Å². The lowest BCUT2D eigenvalue weighted by Crippen LogP contribution is -2.56. The summed E-state index contributed by atoms with van der Waals surface area (Å²) in [6, 6.07) is 22.9. The van der Waals surface area contributed by atoms with Gasteiger partial charge in [-0.05, 0) is 61.4 Å². The summed E-state index contributed by atoms with van der Waals surface area (Å²) in [7, 11) is 1.67. The van der Waals surface area contributed by atoms with E-state index in [4.69, 9.17) is 9.47 Å². The molecule has 1 saturated heterocycles. The van der Waals surface area contributed by atoms with Crippen LogP contribution in [0.25, 0.3) is 0 Å². The number of halogens is 1. The molecule has 5 nitrogen and oxygen atoms in total. The van der Waals surface area contributed by atoms with Crippen molar-refractivity contribution in [3.8, 4) is 11.5 Å². The predicted octanol–water partition coefficient (Wildman–Crippen LogP) is 5.66. The van der Waals surface area contributed by atoms with Crippen molar-refractivity contribution in [2.75, 3.05) is 31.6 Å². The summed E-state index contributed by atoms with van der Waals surface area (Å²) in [4.78, 5) is 17.7. The predicted molar refractivity (Wildman–Crippen MR) is 144 cm³/mol. The number of piperazine rings is 1. The Morgan fingerprint density at radius 2 is 1.70 bits per heavy atom. The first-order valence-electron chi connectivity index (χ1n) is 13.3. The third-order valence-electron chi connectivity index (χ3n) is 7.52. The molecule has 1 amide bonds. The van der Waals surface area contributed by atoms with Crippen LogP contribution < -0.4 is 14.4 Å². The first-order valence-corrected chi connectivity index (χ1v) is 13.3. The topological polar surface area (TPSA) is 42.0 Å². The number of ether oxygens (including phenoxy) is 2. The number of amides is 1. The van der Waals surface area contributed by atoms with E-state index in [0.29, 0.717) is 25.2 Å². The zero-order valence-electron chi connectivity index (χ0n) is 21.4. The van der Waals surface area contributed by atoms with E-state index in [1.807, 2.05) is 29.2 Å². The maximum atomic E-state index is 14.3. The number of anilines is 1. The second-order valence-electron chi connectivity index (χ2n) is 10.0. The molecule has 37 heavy (non-hydrogen) atoms. The lowest BCUT2D eigenvalue weighted by atomic mass is 10.00. The molecule has 0 spiro atoms. The molecule has 1 atom stereocenters. The van der Waals surface area contributed by atoms with Crippen molar-refractivity contribution < 1.29 is 18.7 Å². The fourth-order valence-electron chi connectivity index (χ4n) is 5.53.